The van der Waals surface area contributed by atoms with Crippen LogP contribution in [0, 0.1) is 0 Å². The molecular formula is C27H41N7O2. The molecule has 2 saturated heterocycles. The second-order valence-corrected chi connectivity index (χ2v) is 10.0. The Morgan fingerprint density at radius 2 is 1.78 bits per heavy atom. The van der Waals surface area contributed by atoms with Crippen LogP contribution in [0.25, 0.3) is 0 Å². The number of nitrogens with two attached hydrogens (primary N) is 2. The summed E-state index contributed by atoms with van der Waals surface area (Å²) in [5, 5.41) is 2.68. The summed E-state index contributed by atoms with van der Waals surface area (Å²) >= 11 is 0. The summed E-state index contributed by atoms with van der Waals surface area (Å²) in [7, 11) is 0. The fraction of sp³-hybridized carbons (Fsp3) is 0.519. The molecule has 2 fully saturated rings. The first-order chi connectivity index (χ1) is 17.1. The highest BCUT2D eigenvalue weighted by molar-refractivity contribution is 5.95. The molecule has 0 spiro atoms. The minimum absolute atomic E-state index is 0.0531. The number of rotatable bonds is 9. The van der Waals surface area contributed by atoms with Gasteiger partial charge >= 0.3 is 0 Å². The van der Waals surface area contributed by atoms with Gasteiger partial charge in [-0.1, -0.05) is 25.5 Å². The molecule has 1 unspecified atom stereocenters. The summed E-state index contributed by atoms with van der Waals surface area (Å²) in [6.45, 7) is 10.5. The molecule has 1 atom stereocenters. The second kappa shape index (κ2) is 12.1. The summed E-state index contributed by atoms with van der Waals surface area (Å²) in [5.74, 6) is 0.540. The van der Waals surface area contributed by atoms with Crippen LogP contribution in [0.1, 0.15) is 46.1 Å². The van der Waals surface area contributed by atoms with Gasteiger partial charge in [-0.3, -0.25) is 9.59 Å². The third-order valence-electron chi connectivity index (χ3n) is 6.50. The molecule has 2 aliphatic rings. The van der Waals surface area contributed by atoms with Crippen molar-refractivity contribution in [2.75, 3.05) is 32.7 Å². The van der Waals surface area contributed by atoms with Crippen LogP contribution in [0.3, 0.4) is 0 Å². The Morgan fingerprint density at radius 3 is 2.33 bits per heavy atom. The van der Waals surface area contributed by atoms with Crippen LogP contribution in [0.15, 0.2) is 53.4 Å². The first-order valence-electron chi connectivity index (χ1n) is 12.8. The Morgan fingerprint density at radius 1 is 1.14 bits per heavy atom. The fourth-order valence-corrected chi connectivity index (χ4v) is 4.48. The zero-order valence-electron chi connectivity index (χ0n) is 22.0. The minimum Gasteiger partial charge on any atom is -0.403 e. The summed E-state index contributed by atoms with van der Waals surface area (Å²) in [6.07, 6.45) is 8.40. The van der Waals surface area contributed by atoms with E-state index in [9.17, 15) is 9.59 Å². The number of carbonyl (C=O) groups is 2. The highest BCUT2D eigenvalue weighted by atomic mass is 16.2. The van der Waals surface area contributed by atoms with E-state index in [-0.39, 0.29) is 11.8 Å². The average molecular weight is 496 g/mol. The molecule has 2 amide bonds. The monoisotopic (exact) mass is 495 g/mol. The van der Waals surface area contributed by atoms with Crippen molar-refractivity contribution < 1.29 is 9.59 Å². The molecule has 3 rings (SSSR count). The van der Waals surface area contributed by atoms with Crippen molar-refractivity contribution in [3.05, 3.63) is 54.0 Å². The Balaban J connectivity index is 1.65. The van der Waals surface area contributed by atoms with Crippen LogP contribution in [0.4, 0.5) is 5.69 Å². The highest BCUT2D eigenvalue weighted by Crippen LogP contribution is 2.35. The molecule has 196 valence electrons. The molecule has 0 radical (unpaired) electrons. The molecular weight excluding hydrogens is 454 g/mol. The molecule has 1 aromatic rings. The molecule has 0 aromatic heterocycles. The summed E-state index contributed by atoms with van der Waals surface area (Å²) in [6, 6.07) is 8.76. The first kappa shape index (κ1) is 27.3. The van der Waals surface area contributed by atoms with Crippen molar-refractivity contribution >= 4 is 23.3 Å². The van der Waals surface area contributed by atoms with Gasteiger partial charge in [0.2, 0.25) is 11.8 Å². The average Bonchev–Trinajstić information content (AvgIpc) is 3.53. The van der Waals surface area contributed by atoms with Crippen molar-refractivity contribution in [3.8, 4) is 0 Å². The van der Waals surface area contributed by atoms with Crippen molar-refractivity contribution in [1.82, 2.24) is 20.0 Å². The van der Waals surface area contributed by atoms with Crippen molar-refractivity contribution in [2.45, 2.75) is 58.5 Å². The first-order valence-corrected chi connectivity index (χ1v) is 12.8. The molecule has 2 heterocycles. The summed E-state index contributed by atoms with van der Waals surface area (Å²) < 4.78 is 0. The Hall–Kier alpha value is -3.33. The van der Waals surface area contributed by atoms with Crippen LogP contribution in [0.2, 0.25) is 0 Å². The Bertz CT molecular complexity index is 1000. The number of amidine groups is 1. The number of aliphatic imine (C=N–C) groups is 1. The topological polar surface area (TPSA) is 120 Å². The van der Waals surface area contributed by atoms with Gasteiger partial charge in [-0.2, -0.15) is 0 Å². The number of nitrogens with one attached hydrogen (secondary N) is 1. The lowest BCUT2D eigenvalue weighted by Gasteiger charge is -2.38. The molecule has 36 heavy (non-hydrogen) atoms. The third-order valence-corrected chi connectivity index (χ3v) is 6.50. The molecule has 0 aliphatic carbocycles. The normalized spacial score (nSPS) is 19.8. The van der Waals surface area contributed by atoms with E-state index in [1.165, 1.54) is 18.2 Å². The fourth-order valence-electron chi connectivity index (χ4n) is 4.48. The molecule has 0 bridgehead atoms. The van der Waals surface area contributed by atoms with Gasteiger partial charge < -0.3 is 31.5 Å². The zero-order valence-corrected chi connectivity index (χ0v) is 22.0. The van der Waals surface area contributed by atoms with Crippen molar-refractivity contribution in [1.29, 1.82) is 0 Å². The van der Waals surface area contributed by atoms with E-state index in [0.29, 0.717) is 32.2 Å². The zero-order chi connectivity index (χ0) is 26.3. The van der Waals surface area contributed by atoms with E-state index in [4.69, 9.17) is 16.5 Å². The van der Waals surface area contributed by atoms with Gasteiger partial charge in [0, 0.05) is 52.0 Å². The number of piperazine rings is 1. The number of amides is 2. The summed E-state index contributed by atoms with van der Waals surface area (Å²) in [5.41, 5.74) is 14.2. The van der Waals surface area contributed by atoms with Gasteiger partial charge in [-0.15, -0.1) is 0 Å². The molecule has 5 N–H and O–H groups in total. The number of carbonyl (C=O) groups excluding carboxylic acids is 2. The Labute approximate surface area is 214 Å². The molecule has 2 aliphatic heterocycles. The van der Waals surface area contributed by atoms with E-state index in [0.717, 1.165) is 37.3 Å². The largest absolute Gasteiger partial charge is 0.403 e. The number of benzene rings is 1. The van der Waals surface area contributed by atoms with Gasteiger partial charge in [-0.05, 0) is 50.5 Å². The van der Waals surface area contributed by atoms with Gasteiger partial charge in [-0.25, -0.2) is 4.99 Å². The van der Waals surface area contributed by atoms with Crippen LogP contribution in [-0.4, -0.2) is 76.7 Å². The smallest absolute Gasteiger partial charge is 0.242 e. The predicted octanol–water partition coefficient (Wildman–Crippen LogP) is 2.07. The number of hydrogen-bond donors (Lipinski definition) is 3. The standard InChI is InChI=1S/C27H41N7O2/c1-5-6-23-24(19-28)34(23)14-12-21-7-9-22(10-8-21)31-25(11-13-30-20(2)35)32-15-17-33(18-16-32)26(36)27(3,4)29/h7-11,13,19,23H,5-6,12,14-18,28-29H2,1-4H3,(H,30,35)/b13-11-,24-19+,31-25+. The van der Waals surface area contributed by atoms with Gasteiger partial charge in [0.05, 0.1) is 23.0 Å². The van der Waals surface area contributed by atoms with E-state index in [1.807, 2.05) is 12.1 Å². The quantitative estimate of drug-likeness (QED) is 0.274. The molecule has 9 nitrogen and oxygen atoms in total. The summed E-state index contributed by atoms with van der Waals surface area (Å²) in [4.78, 5) is 35.0. The lowest BCUT2D eigenvalue weighted by Crippen LogP contribution is -2.57. The van der Waals surface area contributed by atoms with Crippen LogP contribution >= 0.6 is 0 Å². The van der Waals surface area contributed by atoms with Crippen LogP contribution < -0.4 is 16.8 Å². The number of nitrogens with zero attached hydrogens (tertiary/aromatic N) is 4. The van der Waals surface area contributed by atoms with Crippen LogP contribution in [-0.2, 0) is 16.0 Å². The van der Waals surface area contributed by atoms with Gasteiger partial charge in [0.25, 0.3) is 0 Å². The van der Waals surface area contributed by atoms with Gasteiger partial charge in [0.15, 0.2) is 0 Å². The van der Waals surface area contributed by atoms with E-state index in [2.05, 4.69) is 34.2 Å². The maximum Gasteiger partial charge on any atom is 0.242 e. The van der Waals surface area contributed by atoms with Crippen molar-refractivity contribution in [3.63, 3.8) is 0 Å². The Kier molecular flexibility index (Phi) is 9.14. The predicted molar refractivity (Wildman–Crippen MR) is 144 cm³/mol. The van der Waals surface area contributed by atoms with E-state index in [1.54, 1.807) is 37.2 Å². The molecule has 1 aromatic carbocycles. The highest BCUT2D eigenvalue weighted by Gasteiger charge is 2.38. The SMILES string of the molecule is CCCC1/C(=C\N)N1CCc1ccc(/N=C(\C=C/NC(C)=O)N2CCN(C(=O)C(C)(C)N)CC2)cc1. The maximum absolute atomic E-state index is 12.5. The lowest BCUT2D eigenvalue weighted by atomic mass is 10.0. The maximum atomic E-state index is 12.5. The second-order valence-electron chi connectivity index (χ2n) is 10.0. The van der Waals surface area contributed by atoms with E-state index >= 15 is 0 Å². The van der Waals surface area contributed by atoms with Crippen LogP contribution in [0.5, 0.6) is 0 Å². The lowest BCUT2D eigenvalue weighted by molar-refractivity contribution is -0.137. The minimum atomic E-state index is -0.887. The number of hydrogen-bond acceptors (Lipinski definition) is 6. The van der Waals surface area contributed by atoms with Gasteiger partial charge in [0.1, 0.15) is 5.84 Å². The van der Waals surface area contributed by atoms with E-state index < -0.39 is 5.54 Å². The molecule has 0 saturated carbocycles. The van der Waals surface area contributed by atoms with Crippen molar-refractivity contribution in [2.24, 2.45) is 16.5 Å². The third kappa shape index (κ3) is 7.34. The molecule has 9 heteroatoms.